The first-order valence-corrected chi connectivity index (χ1v) is 8.48. The van der Waals surface area contributed by atoms with Crippen molar-refractivity contribution < 1.29 is 23.1 Å². The quantitative estimate of drug-likeness (QED) is 0.795. The van der Waals surface area contributed by atoms with Crippen LogP contribution >= 0.6 is 0 Å². The molecule has 1 aromatic carbocycles. The Labute approximate surface area is 129 Å². The molecule has 0 unspecified atom stereocenters. The summed E-state index contributed by atoms with van der Waals surface area (Å²) in [6.07, 6.45) is 0. The Hall–Kier alpha value is -1.64. The number of carbonyl (C=O) groups excluding carboxylic acids is 1. The van der Waals surface area contributed by atoms with E-state index in [-0.39, 0.29) is 42.6 Å². The predicted octanol–water partition coefficient (Wildman–Crippen LogP) is 0.0284. The highest BCUT2D eigenvalue weighted by Gasteiger charge is 2.34. The molecule has 1 fully saturated rings. The van der Waals surface area contributed by atoms with Crippen LogP contribution in [0.5, 0.6) is 5.75 Å². The van der Waals surface area contributed by atoms with Crippen molar-refractivity contribution in [2.75, 3.05) is 33.1 Å². The first kappa shape index (κ1) is 16.7. The SMILES string of the molecule is CN(C)S(=O)(=O)C[C@@H]1COC[C@H]1NC(=O)c1cccc(O)c1. The maximum atomic E-state index is 12.2. The lowest BCUT2D eigenvalue weighted by Crippen LogP contribution is -2.43. The van der Waals surface area contributed by atoms with Crippen molar-refractivity contribution in [3.8, 4) is 5.75 Å². The highest BCUT2D eigenvalue weighted by atomic mass is 32.2. The zero-order valence-corrected chi connectivity index (χ0v) is 13.3. The zero-order valence-electron chi connectivity index (χ0n) is 12.5. The number of phenols is 1. The largest absolute Gasteiger partial charge is 0.508 e. The molecule has 0 aliphatic carbocycles. The van der Waals surface area contributed by atoms with Gasteiger partial charge in [0.15, 0.2) is 0 Å². The molecule has 1 aliphatic heterocycles. The summed E-state index contributed by atoms with van der Waals surface area (Å²) in [6.45, 7) is 0.566. The Morgan fingerprint density at radius 3 is 2.77 bits per heavy atom. The van der Waals surface area contributed by atoms with Crippen molar-refractivity contribution in [3.63, 3.8) is 0 Å². The first-order chi connectivity index (χ1) is 10.3. The standard InChI is InChI=1S/C14H20N2O5S/c1-16(2)22(19,20)9-11-7-21-8-13(11)15-14(18)10-4-3-5-12(17)6-10/h3-6,11,13,17H,7-9H2,1-2H3,(H,15,18)/t11-,13+/m0/s1. The summed E-state index contributed by atoms with van der Waals surface area (Å²) in [5.41, 5.74) is 0.320. The van der Waals surface area contributed by atoms with E-state index in [9.17, 15) is 18.3 Å². The van der Waals surface area contributed by atoms with E-state index in [4.69, 9.17) is 4.74 Å². The van der Waals surface area contributed by atoms with Gasteiger partial charge in [0.05, 0.1) is 25.0 Å². The molecule has 2 atom stereocenters. The van der Waals surface area contributed by atoms with E-state index in [1.807, 2.05) is 0 Å². The molecule has 2 rings (SSSR count). The lowest BCUT2D eigenvalue weighted by molar-refractivity contribution is 0.0925. The van der Waals surface area contributed by atoms with E-state index in [0.717, 1.165) is 0 Å². The summed E-state index contributed by atoms with van der Waals surface area (Å²) in [4.78, 5) is 12.2. The molecule has 122 valence electrons. The van der Waals surface area contributed by atoms with Crippen molar-refractivity contribution >= 4 is 15.9 Å². The van der Waals surface area contributed by atoms with Crippen LogP contribution in [-0.2, 0) is 14.8 Å². The fourth-order valence-corrected chi connectivity index (χ4v) is 3.41. The van der Waals surface area contributed by atoms with Gasteiger partial charge in [-0.3, -0.25) is 4.79 Å². The number of phenolic OH excluding ortho intramolecular Hbond substituents is 1. The molecule has 1 heterocycles. The van der Waals surface area contributed by atoms with Crippen molar-refractivity contribution in [2.45, 2.75) is 6.04 Å². The molecule has 1 saturated heterocycles. The molecule has 8 heteroatoms. The van der Waals surface area contributed by atoms with Gasteiger partial charge in [-0.2, -0.15) is 0 Å². The Morgan fingerprint density at radius 1 is 1.41 bits per heavy atom. The molecule has 0 spiro atoms. The molecule has 0 bridgehead atoms. The summed E-state index contributed by atoms with van der Waals surface area (Å²) < 4.78 is 30.4. The normalized spacial score (nSPS) is 22.0. The third-order valence-electron chi connectivity index (χ3n) is 3.60. The van der Waals surface area contributed by atoms with Gasteiger partial charge in [0.25, 0.3) is 5.91 Å². The Kier molecular flexibility index (Phi) is 5.05. The number of ether oxygens (including phenoxy) is 1. The Bertz CT molecular complexity index is 644. The average molecular weight is 328 g/mol. The van der Waals surface area contributed by atoms with Crippen LogP contribution in [0.25, 0.3) is 0 Å². The van der Waals surface area contributed by atoms with Gasteiger partial charge >= 0.3 is 0 Å². The second-order valence-corrected chi connectivity index (χ2v) is 7.72. The van der Waals surface area contributed by atoms with Crippen LogP contribution in [0.3, 0.4) is 0 Å². The summed E-state index contributed by atoms with van der Waals surface area (Å²) in [5.74, 6) is -0.736. The van der Waals surface area contributed by atoms with Crippen LogP contribution in [0.4, 0.5) is 0 Å². The first-order valence-electron chi connectivity index (χ1n) is 6.87. The minimum Gasteiger partial charge on any atom is -0.508 e. The van der Waals surface area contributed by atoms with Gasteiger partial charge in [-0.25, -0.2) is 12.7 Å². The number of hydrogen-bond acceptors (Lipinski definition) is 5. The van der Waals surface area contributed by atoms with Gasteiger partial charge in [0, 0.05) is 25.6 Å². The van der Waals surface area contributed by atoms with Crippen molar-refractivity contribution in [1.82, 2.24) is 9.62 Å². The number of benzene rings is 1. The van der Waals surface area contributed by atoms with E-state index in [0.29, 0.717) is 5.56 Å². The molecule has 22 heavy (non-hydrogen) atoms. The van der Waals surface area contributed by atoms with E-state index < -0.39 is 10.0 Å². The van der Waals surface area contributed by atoms with Crippen molar-refractivity contribution in [2.24, 2.45) is 5.92 Å². The van der Waals surface area contributed by atoms with Gasteiger partial charge in [-0.1, -0.05) is 6.07 Å². The van der Waals surface area contributed by atoms with Crippen molar-refractivity contribution in [3.05, 3.63) is 29.8 Å². The molecular weight excluding hydrogens is 308 g/mol. The number of aromatic hydroxyl groups is 1. The summed E-state index contributed by atoms with van der Waals surface area (Å²) in [6, 6.07) is 5.61. The zero-order chi connectivity index (χ0) is 16.3. The summed E-state index contributed by atoms with van der Waals surface area (Å²) in [5, 5.41) is 12.2. The van der Waals surface area contributed by atoms with Gasteiger partial charge in [-0.05, 0) is 18.2 Å². The van der Waals surface area contributed by atoms with Gasteiger partial charge in [0.2, 0.25) is 10.0 Å². The van der Waals surface area contributed by atoms with E-state index in [1.54, 1.807) is 12.1 Å². The predicted molar refractivity (Wildman–Crippen MR) is 81.1 cm³/mol. The van der Waals surface area contributed by atoms with Crippen molar-refractivity contribution in [1.29, 1.82) is 0 Å². The number of nitrogens with zero attached hydrogens (tertiary/aromatic N) is 1. The molecule has 1 amide bonds. The molecule has 0 radical (unpaired) electrons. The second-order valence-electron chi connectivity index (χ2n) is 5.49. The summed E-state index contributed by atoms with van der Waals surface area (Å²) in [7, 11) is -0.404. The van der Waals surface area contributed by atoms with E-state index in [2.05, 4.69) is 5.32 Å². The lowest BCUT2D eigenvalue weighted by Gasteiger charge is -2.21. The average Bonchev–Trinajstić information content (AvgIpc) is 2.85. The highest BCUT2D eigenvalue weighted by Crippen LogP contribution is 2.18. The maximum Gasteiger partial charge on any atom is 0.251 e. The topological polar surface area (TPSA) is 95.9 Å². The molecule has 2 N–H and O–H groups in total. The molecule has 7 nitrogen and oxygen atoms in total. The number of hydrogen-bond donors (Lipinski definition) is 2. The third-order valence-corrected chi connectivity index (χ3v) is 5.57. The van der Waals surface area contributed by atoms with Gasteiger partial charge < -0.3 is 15.2 Å². The number of amides is 1. The van der Waals surface area contributed by atoms with Crippen LogP contribution < -0.4 is 5.32 Å². The lowest BCUT2D eigenvalue weighted by atomic mass is 10.1. The molecule has 0 saturated carbocycles. The van der Waals surface area contributed by atoms with E-state index in [1.165, 1.54) is 30.5 Å². The van der Waals surface area contributed by atoms with Crippen LogP contribution in [-0.4, -0.2) is 62.8 Å². The number of rotatable bonds is 5. The number of carbonyl (C=O) groups is 1. The van der Waals surface area contributed by atoms with Crippen LogP contribution in [0.15, 0.2) is 24.3 Å². The fraction of sp³-hybridized carbons (Fsp3) is 0.500. The Morgan fingerprint density at radius 2 is 2.14 bits per heavy atom. The van der Waals surface area contributed by atoms with Gasteiger partial charge in [-0.15, -0.1) is 0 Å². The Balaban J connectivity index is 2.04. The minimum atomic E-state index is -3.36. The summed E-state index contributed by atoms with van der Waals surface area (Å²) >= 11 is 0. The third kappa shape index (κ3) is 3.96. The van der Waals surface area contributed by atoms with Crippen LogP contribution in [0, 0.1) is 5.92 Å². The van der Waals surface area contributed by atoms with Gasteiger partial charge in [0.1, 0.15) is 5.75 Å². The second kappa shape index (κ2) is 6.64. The maximum absolute atomic E-state index is 12.2. The molecule has 1 aromatic rings. The molecule has 0 aromatic heterocycles. The smallest absolute Gasteiger partial charge is 0.251 e. The van der Waals surface area contributed by atoms with Crippen LogP contribution in [0.1, 0.15) is 10.4 Å². The highest BCUT2D eigenvalue weighted by molar-refractivity contribution is 7.89. The van der Waals surface area contributed by atoms with Crippen LogP contribution in [0.2, 0.25) is 0 Å². The number of nitrogens with one attached hydrogen (secondary N) is 1. The van der Waals surface area contributed by atoms with E-state index >= 15 is 0 Å². The minimum absolute atomic E-state index is 0.00191. The molecule has 1 aliphatic rings. The number of sulfonamides is 1. The fourth-order valence-electron chi connectivity index (χ4n) is 2.24. The monoisotopic (exact) mass is 328 g/mol. The molecular formula is C14H20N2O5S.